The first-order valence-electron chi connectivity index (χ1n) is 4.34. The maximum absolute atomic E-state index is 11.6. The lowest BCUT2D eigenvalue weighted by Crippen LogP contribution is -1.99. The van der Waals surface area contributed by atoms with Crippen molar-refractivity contribution in [2.45, 2.75) is 12.1 Å². The topological polar surface area (TPSA) is 58.6 Å². The Labute approximate surface area is 95.1 Å². The third kappa shape index (κ3) is 2.66. The SMILES string of the molecule is Cc1nc(SCC(=O)c2cccs2)n[nH]1. The summed E-state index contributed by atoms with van der Waals surface area (Å²) in [5, 5.41) is 9.20. The largest absolute Gasteiger partial charge is 0.292 e. The third-order valence-electron chi connectivity index (χ3n) is 1.71. The highest BCUT2D eigenvalue weighted by molar-refractivity contribution is 7.99. The van der Waals surface area contributed by atoms with Crippen molar-refractivity contribution in [3.63, 3.8) is 0 Å². The standard InChI is InChI=1S/C9H9N3OS2/c1-6-10-9(12-11-6)15-5-7(13)8-3-2-4-14-8/h2-4H,5H2,1H3,(H,10,11,12). The van der Waals surface area contributed by atoms with Crippen molar-refractivity contribution in [3.8, 4) is 0 Å². The van der Waals surface area contributed by atoms with Crippen LogP contribution in [-0.2, 0) is 0 Å². The van der Waals surface area contributed by atoms with Crippen LogP contribution in [0.3, 0.4) is 0 Å². The third-order valence-corrected chi connectivity index (χ3v) is 3.46. The summed E-state index contributed by atoms with van der Waals surface area (Å²) in [4.78, 5) is 16.5. The predicted octanol–water partition coefficient (Wildman–Crippen LogP) is 2.15. The van der Waals surface area contributed by atoms with Crippen LogP contribution >= 0.6 is 23.1 Å². The first kappa shape index (κ1) is 10.4. The molecule has 2 heterocycles. The summed E-state index contributed by atoms with van der Waals surface area (Å²) in [5.41, 5.74) is 0. The molecule has 4 nitrogen and oxygen atoms in total. The number of aromatic amines is 1. The van der Waals surface area contributed by atoms with Crippen LogP contribution in [0.1, 0.15) is 15.5 Å². The maximum Gasteiger partial charge on any atom is 0.208 e. The first-order valence-corrected chi connectivity index (χ1v) is 6.21. The summed E-state index contributed by atoms with van der Waals surface area (Å²) in [5.74, 6) is 1.27. The van der Waals surface area contributed by atoms with Crippen LogP contribution in [-0.4, -0.2) is 26.7 Å². The monoisotopic (exact) mass is 239 g/mol. The highest BCUT2D eigenvalue weighted by atomic mass is 32.2. The first-order chi connectivity index (χ1) is 7.25. The highest BCUT2D eigenvalue weighted by Crippen LogP contribution is 2.16. The zero-order valence-corrected chi connectivity index (χ0v) is 9.69. The quantitative estimate of drug-likeness (QED) is 0.656. The summed E-state index contributed by atoms with van der Waals surface area (Å²) in [6.07, 6.45) is 0. The van der Waals surface area contributed by atoms with E-state index >= 15 is 0 Å². The van der Waals surface area contributed by atoms with Gasteiger partial charge in [0.2, 0.25) is 5.16 Å². The molecular formula is C9H9N3OS2. The maximum atomic E-state index is 11.6. The molecule has 0 spiro atoms. The molecule has 0 atom stereocenters. The second-order valence-corrected chi connectivity index (χ2v) is 4.78. The van der Waals surface area contributed by atoms with E-state index in [9.17, 15) is 4.79 Å². The number of hydrogen-bond donors (Lipinski definition) is 1. The van der Waals surface area contributed by atoms with E-state index in [-0.39, 0.29) is 5.78 Å². The van der Waals surface area contributed by atoms with E-state index in [4.69, 9.17) is 0 Å². The predicted molar refractivity (Wildman–Crippen MR) is 60.5 cm³/mol. The van der Waals surface area contributed by atoms with Crippen LogP contribution in [0, 0.1) is 6.92 Å². The smallest absolute Gasteiger partial charge is 0.208 e. The minimum Gasteiger partial charge on any atom is -0.292 e. The van der Waals surface area contributed by atoms with Crippen molar-refractivity contribution in [3.05, 3.63) is 28.2 Å². The Kier molecular flexibility index (Phi) is 3.17. The Morgan fingerprint density at radius 2 is 2.53 bits per heavy atom. The summed E-state index contributed by atoms with van der Waals surface area (Å²) >= 11 is 2.81. The van der Waals surface area contributed by atoms with Gasteiger partial charge < -0.3 is 0 Å². The lowest BCUT2D eigenvalue weighted by Gasteiger charge is -1.93. The van der Waals surface area contributed by atoms with Gasteiger partial charge in [0.05, 0.1) is 10.6 Å². The Morgan fingerprint density at radius 3 is 3.13 bits per heavy atom. The lowest BCUT2D eigenvalue weighted by molar-refractivity contribution is 0.102. The minimum absolute atomic E-state index is 0.123. The molecule has 0 bridgehead atoms. The molecule has 78 valence electrons. The molecule has 0 saturated carbocycles. The number of H-pyrrole nitrogens is 1. The van der Waals surface area contributed by atoms with Crippen LogP contribution in [0.25, 0.3) is 0 Å². The van der Waals surface area contributed by atoms with Gasteiger partial charge in [-0.3, -0.25) is 9.89 Å². The molecule has 0 fully saturated rings. The number of thiophene rings is 1. The number of nitrogens with zero attached hydrogens (tertiary/aromatic N) is 2. The Bertz CT molecular complexity index is 450. The fourth-order valence-corrected chi connectivity index (χ4v) is 2.51. The van der Waals surface area contributed by atoms with E-state index in [1.165, 1.54) is 23.1 Å². The van der Waals surface area contributed by atoms with Crippen LogP contribution in [0.15, 0.2) is 22.7 Å². The number of aromatic nitrogens is 3. The van der Waals surface area contributed by atoms with E-state index in [0.717, 1.165) is 10.7 Å². The van der Waals surface area contributed by atoms with Crippen molar-refractivity contribution in [1.29, 1.82) is 0 Å². The molecule has 0 saturated heterocycles. The number of carbonyl (C=O) groups is 1. The van der Waals surface area contributed by atoms with E-state index in [0.29, 0.717) is 10.9 Å². The molecule has 0 aromatic carbocycles. The molecule has 15 heavy (non-hydrogen) atoms. The lowest BCUT2D eigenvalue weighted by atomic mass is 10.4. The van der Waals surface area contributed by atoms with Gasteiger partial charge in [-0.25, -0.2) is 4.98 Å². The van der Waals surface area contributed by atoms with Crippen molar-refractivity contribution in [2.24, 2.45) is 0 Å². The second-order valence-electron chi connectivity index (χ2n) is 2.89. The number of thioether (sulfide) groups is 1. The summed E-state index contributed by atoms with van der Waals surface area (Å²) in [6.45, 7) is 1.83. The molecule has 1 N–H and O–H groups in total. The van der Waals surface area contributed by atoms with Crippen molar-refractivity contribution < 1.29 is 4.79 Å². The van der Waals surface area contributed by atoms with Gasteiger partial charge in [0.1, 0.15) is 5.82 Å². The van der Waals surface area contributed by atoms with Crippen molar-refractivity contribution >= 4 is 28.9 Å². The van der Waals surface area contributed by atoms with Gasteiger partial charge in [-0.1, -0.05) is 17.8 Å². The zero-order chi connectivity index (χ0) is 10.7. The average Bonchev–Trinajstić information content (AvgIpc) is 2.84. The highest BCUT2D eigenvalue weighted by Gasteiger charge is 2.09. The van der Waals surface area contributed by atoms with Crippen LogP contribution in [0.4, 0.5) is 0 Å². The normalized spacial score (nSPS) is 10.5. The summed E-state index contributed by atoms with van der Waals surface area (Å²) in [7, 11) is 0. The molecular weight excluding hydrogens is 230 g/mol. The van der Waals surface area contributed by atoms with Gasteiger partial charge in [-0.15, -0.1) is 16.4 Å². The van der Waals surface area contributed by atoms with Gasteiger partial charge in [-0.2, -0.15) is 0 Å². The number of Topliss-reactive ketones (excluding diaryl/α,β-unsaturated/α-hetero) is 1. The van der Waals surface area contributed by atoms with Gasteiger partial charge in [0, 0.05) is 0 Å². The second kappa shape index (κ2) is 4.59. The Morgan fingerprint density at radius 1 is 1.67 bits per heavy atom. The fourth-order valence-electron chi connectivity index (χ4n) is 1.03. The molecule has 0 aliphatic rings. The molecule has 2 aromatic heterocycles. The number of ketones is 1. The van der Waals surface area contributed by atoms with Crippen LogP contribution < -0.4 is 0 Å². The van der Waals surface area contributed by atoms with E-state index in [1.807, 2.05) is 24.4 Å². The van der Waals surface area contributed by atoms with Gasteiger partial charge in [0.15, 0.2) is 5.78 Å². The van der Waals surface area contributed by atoms with Crippen molar-refractivity contribution in [2.75, 3.05) is 5.75 Å². The number of nitrogens with one attached hydrogen (secondary N) is 1. The molecule has 6 heteroatoms. The molecule has 0 aliphatic heterocycles. The van der Waals surface area contributed by atoms with E-state index < -0.39 is 0 Å². The van der Waals surface area contributed by atoms with Gasteiger partial charge in [-0.05, 0) is 18.4 Å². The van der Waals surface area contributed by atoms with E-state index in [2.05, 4.69) is 15.2 Å². The molecule has 2 rings (SSSR count). The molecule has 0 unspecified atom stereocenters. The zero-order valence-electron chi connectivity index (χ0n) is 8.06. The summed E-state index contributed by atoms with van der Waals surface area (Å²) in [6, 6.07) is 3.70. The average molecular weight is 239 g/mol. The molecule has 0 amide bonds. The van der Waals surface area contributed by atoms with Crippen LogP contribution in [0.5, 0.6) is 0 Å². The molecule has 0 radical (unpaired) electrons. The summed E-state index contributed by atoms with van der Waals surface area (Å²) < 4.78 is 0. The fraction of sp³-hybridized carbons (Fsp3) is 0.222. The Balaban J connectivity index is 1.91. The number of carbonyl (C=O) groups excluding carboxylic acids is 1. The minimum atomic E-state index is 0.123. The molecule has 2 aromatic rings. The Hall–Kier alpha value is -1.14. The molecule has 0 aliphatic carbocycles. The number of aryl methyl sites for hydroxylation is 1. The number of rotatable bonds is 4. The number of hydrogen-bond acceptors (Lipinski definition) is 5. The van der Waals surface area contributed by atoms with Crippen LogP contribution in [0.2, 0.25) is 0 Å². The van der Waals surface area contributed by atoms with Crippen molar-refractivity contribution in [1.82, 2.24) is 15.2 Å². The van der Waals surface area contributed by atoms with E-state index in [1.54, 1.807) is 0 Å². The van der Waals surface area contributed by atoms with Gasteiger partial charge >= 0.3 is 0 Å². The van der Waals surface area contributed by atoms with Gasteiger partial charge in [0.25, 0.3) is 0 Å².